The minimum Gasteiger partial charge on any atom is -0.427 e. The van der Waals surface area contributed by atoms with Crippen LogP contribution in [0.25, 0.3) is 10.9 Å². The van der Waals surface area contributed by atoms with Gasteiger partial charge >= 0.3 is 6.09 Å². The predicted molar refractivity (Wildman–Crippen MR) is 52.3 cm³/mol. The fraction of sp³-hybridized carbons (Fsp3) is 0.0909. The van der Waals surface area contributed by atoms with Crippen molar-refractivity contribution < 1.29 is 14.5 Å². The number of benzene rings is 1. The van der Waals surface area contributed by atoms with Crippen LogP contribution in [0, 0.1) is 6.92 Å². The maximum Gasteiger partial charge on any atom is 0.599 e. The molecule has 0 bridgehead atoms. The number of para-hydroxylation sites is 1. The lowest BCUT2D eigenvalue weighted by atomic mass is 10.1. The molecular weight excluding hydrogens is 178 g/mol. The molecule has 1 N–H and O–H groups in total. The smallest absolute Gasteiger partial charge is 0.427 e. The molecule has 0 fully saturated rings. The van der Waals surface area contributed by atoms with Gasteiger partial charge in [0.05, 0.1) is 5.39 Å². The first kappa shape index (κ1) is 8.69. The van der Waals surface area contributed by atoms with Crippen LogP contribution < -0.4 is 4.57 Å². The van der Waals surface area contributed by atoms with E-state index in [0.29, 0.717) is 0 Å². The molecule has 70 valence electrons. The van der Waals surface area contributed by atoms with Crippen LogP contribution in [0.3, 0.4) is 0 Å². The Kier molecular flexibility index (Phi) is 1.93. The lowest BCUT2D eigenvalue weighted by Crippen LogP contribution is -2.41. The second kappa shape index (κ2) is 3.10. The molecule has 0 aliphatic heterocycles. The van der Waals surface area contributed by atoms with Gasteiger partial charge in [0.2, 0.25) is 5.52 Å². The summed E-state index contributed by atoms with van der Waals surface area (Å²) in [4.78, 5) is 10.9. The lowest BCUT2D eigenvalue weighted by molar-refractivity contribution is -0.556. The first-order chi connectivity index (χ1) is 6.70. The summed E-state index contributed by atoms with van der Waals surface area (Å²) in [6.45, 7) is 1.97. The Balaban J connectivity index is 2.88. The van der Waals surface area contributed by atoms with Crippen molar-refractivity contribution in [2.24, 2.45) is 0 Å². The maximum atomic E-state index is 10.9. The van der Waals surface area contributed by atoms with Crippen molar-refractivity contribution in [2.45, 2.75) is 6.92 Å². The number of fused-ring (bicyclic) bond motifs is 1. The molecule has 3 nitrogen and oxygen atoms in total. The minimum atomic E-state index is -0.957. The molecule has 0 radical (unpaired) electrons. The first-order valence-electron chi connectivity index (χ1n) is 4.33. The van der Waals surface area contributed by atoms with Crippen LogP contribution in [0.1, 0.15) is 5.56 Å². The van der Waals surface area contributed by atoms with Gasteiger partial charge in [0.1, 0.15) is 0 Å². The average molecular weight is 188 g/mol. The number of hydrogen-bond acceptors (Lipinski definition) is 1. The van der Waals surface area contributed by atoms with Gasteiger partial charge in [0.15, 0.2) is 6.20 Å². The van der Waals surface area contributed by atoms with Gasteiger partial charge < -0.3 is 5.11 Å². The van der Waals surface area contributed by atoms with E-state index in [1.165, 1.54) is 4.57 Å². The van der Waals surface area contributed by atoms with Gasteiger partial charge in [0, 0.05) is 12.1 Å². The van der Waals surface area contributed by atoms with Gasteiger partial charge in [-0.25, -0.2) is 0 Å². The molecular formula is C11H10NO2+. The van der Waals surface area contributed by atoms with E-state index in [1.54, 1.807) is 18.3 Å². The number of carboxylic acid groups (broad SMARTS) is 1. The molecule has 0 saturated carbocycles. The van der Waals surface area contributed by atoms with Crippen LogP contribution in [0.15, 0.2) is 36.5 Å². The van der Waals surface area contributed by atoms with Crippen LogP contribution in [0.5, 0.6) is 0 Å². The molecule has 14 heavy (non-hydrogen) atoms. The highest BCUT2D eigenvalue weighted by molar-refractivity contribution is 5.81. The van der Waals surface area contributed by atoms with Crippen LogP contribution in [0.4, 0.5) is 4.79 Å². The fourth-order valence-electron chi connectivity index (χ4n) is 1.54. The van der Waals surface area contributed by atoms with Crippen molar-refractivity contribution in [2.75, 3.05) is 0 Å². The largest absolute Gasteiger partial charge is 0.599 e. The van der Waals surface area contributed by atoms with Crippen molar-refractivity contribution in [3.05, 3.63) is 42.1 Å². The monoisotopic (exact) mass is 188 g/mol. The van der Waals surface area contributed by atoms with Crippen LogP contribution >= 0.6 is 0 Å². The number of carbonyl (C=O) groups is 1. The van der Waals surface area contributed by atoms with E-state index < -0.39 is 6.09 Å². The summed E-state index contributed by atoms with van der Waals surface area (Å²) in [6, 6.07) is 9.26. The van der Waals surface area contributed by atoms with E-state index in [4.69, 9.17) is 5.11 Å². The van der Waals surface area contributed by atoms with Gasteiger partial charge in [-0.3, -0.25) is 0 Å². The summed E-state index contributed by atoms with van der Waals surface area (Å²) in [5.41, 5.74) is 1.80. The second-order valence-corrected chi connectivity index (χ2v) is 3.17. The Morgan fingerprint density at radius 1 is 1.29 bits per heavy atom. The summed E-state index contributed by atoms with van der Waals surface area (Å²) in [6.07, 6.45) is 0.612. The van der Waals surface area contributed by atoms with Crippen molar-refractivity contribution in [3.63, 3.8) is 0 Å². The molecule has 1 aromatic heterocycles. The number of aromatic nitrogens is 1. The number of pyridine rings is 1. The molecule has 2 rings (SSSR count). The molecule has 0 aliphatic carbocycles. The third kappa shape index (κ3) is 1.23. The Hall–Kier alpha value is -1.90. The Bertz CT molecular complexity index is 506. The lowest BCUT2D eigenvalue weighted by Gasteiger charge is -1.98. The second-order valence-electron chi connectivity index (χ2n) is 3.17. The normalized spacial score (nSPS) is 10.4. The van der Waals surface area contributed by atoms with Crippen LogP contribution in [0.2, 0.25) is 0 Å². The summed E-state index contributed by atoms with van der Waals surface area (Å²) in [5, 5.41) is 9.91. The van der Waals surface area contributed by atoms with Crippen molar-refractivity contribution >= 4 is 17.0 Å². The summed E-state index contributed by atoms with van der Waals surface area (Å²) in [5.74, 6) is 0. The zero-order valence-electron chi connectivity index (χ0n) is 7.77. The van der Waals surface area contributed by atoms with E-state index in [9.17, 15) is 4.79 Å². The topological polar surface area (TPSA) is 41.2 Å². The van der Waals surface area contributed by atoms with Crippen LogP contribution in [-0.2, 0) is 0 Å². The van der Waals surface area contributed by atoms with E-state index in [0.717, 1.165) is 16.5 Å². The number of rotatable bonds is 0. The van der Waals surface area contributed by atoms with Gasteiger partial charge in [-0.05, 0) is 18.6 Å². The molecule has 1 heterocycles. The molecule has 1 aromatic carbocycles. The molecule has 0 saturated heterocycles. The quantitative estimate of drug-likeness (QED) is 0.642. The Labute approximate surface area is 81.2 Å². The molecule has 0 atom stereocenters. The summed E-state index contributed by atoms with van der Waals surface area (Å²) >= 11 is 0. The van der Waals surface area contributed by atoms with Crippen LogP contribution in [-0.4, -0.2) is 11.2 Å². The highest BCUT2D eigenvalue weighted by atomic mass is 16.4. The standard InChI is InChI=1S/C11H9NO2/c1-8-6-7-12(11(13)14)10-5-3-2-4-9(8)10/h2-7H,1H3/p+1. The van der Waals surface area contributed by atoms with E-state index in [1.807, 2.05) is 25.1 Å². The highest BCUT2D eigenvalue weighted by Gasteiger charge is 2.16. The fourth-order valence-corrected chi connectivity index (χ4v) is 1.54. The van der Waals surface area contributed by atoms with Crippen molar-refractivity contribution in [3.8, 4) is 0 Å². The third-order valence-corrected chi connectivity index (χ3v) is 2.27. The summed E-state index contributed by atoms with van der Waals surface area (Å²) in [7, 11) is 0. The third-order valence-electron chi connectivity index (χ3n) is 2.27. The van der Waals surface area contributed by atoms with Crippen molar-refractivity contribution in [1.29, 1.82) is 0 Å². The summed E-state index contributed by atoms with van der Waals surface area (Å²) < 4.78 is 1.22. The zero-order valence-corrected chi connectivity index (χ0v) is 7.77. The molecule has 0 spiro atoms. The maximum absolute atomic E-state index is 10.9. The van der Waals surface area contributed by atoms with Gasteiger partial charge in [0.25, 0.3) is 0 Å². The molecule has 3 heteroatoms. The Morgan fingerprint density at radius 3 is 2.71 bits per heavy atom. The molecule has 2 aromatic rings. The molecule has 0 aliphatic rings. The van der Waals surface area contributed by atoms with E-state index >= 15 is 0 Å². The van der Waals surface area contributed by atoms with Gasteiger partial charge in [-0.2, -0.15) is 4.79 Å². The average Bonchev–Trinajstić information content (AvgIpc) is 2.18. The molecule has 0 amide bonds. The number of aryl methyl sites for hydroxylation is 1. The SMILES string of the molecule is Cc1cc[n+](C(=O)O)c2ccccc12. The van der Waals surface area contributed by atoms with Crippen molar-refractivity contribution in [1.82, 2.24) is 0 Å². The van der Waals surface area contributed by atoms with Gasteiger partial charge in [-0.15, -0.1) is 0 Å². The molecule has 0 unspecified atom stereocenters. The zero-order chi connectivity index (χ0) is 10.1. The van der Waals surface area contributed by atoms with E-state index in [2.05, 4.69) is 0 Å². The van der Waals surface area contributed by atoms with Gasteiger partial charge in [-0.1, -0.05) is 16.7 Å². The number of nitrogens with zero attached hydrogens (tertiary/aromatic N) is 1. The minimum absolute atomic E-state index is 0.722. The van der Waals surface area contributed by atoms with E-state index in [-0.39, 0.29) is 0 Å². The predicted octanol–water partition coefficient (Wildman–Crippen LogP) is 1.96. The number of hydrogen-bond donors (Lipinski definition) is 1. The Morgan fingerprint density at radius 2 is 2.00 bits per heavy atom. The first-order valence-corrected chi connectivity index (χ1v) is 4.33. The highest BCUT2D eigenvalue weighted by Crippen LogP contribution is 2.13.